The lowest BCUT2D eigenvalue weighted by molar-refractivity contribution is -0.137. The largest absolute Gasteiger partial charge is 0.418 e. The van der Waals surface area contributed by atoms with Gasteiger partial charge in [-0.05, 0) is 37.1 Å². The molecule has 1 aliphatic heterocycles. The Labute approximate surface area is 161 Å². The highest BCUT2D eigenvalue weighted by molar-refractivity contribution is 5.94. The number of piperazine rings is 1. The van der Waals surface area contributed by atoms with Crippen molar-refractivity contribution in [2.24, 2.45) is 0 Å². The van der Waals surface area contributed by atoms with Gasteiger partial charge in [0.2, 0.25) is 0 Å². The monoisotopic (exact) mass is 390 g/mol. The Morgan fingerprint density at radius 1 is 1.00 bits per heavy atom. The molecule has 0 bridgehead atoms. The van der Waals surface area contributed by atoms with E-state index in [1.165, 1.54) is 12.1 Å². The molecular formula is C20H21F3N4O. The number of hydrogen-bond donors (Lipinski definition) is 1. The van der Waals surface area contributed by atoms with Crippen molar-refractivity contribution in [3.8, 4) is 0 Å². The highest BCUT2D eigenvalue weighted by Gasteiger charge is 2.35. The minimum absolute atomic E-state index is 0.116. The molecule has 1 amide bonds. The van der Waals surface area contributed by atoms with Gasteiger partial charge in [-0.3, -0.25) is 4.79 Å². The van der Waals surface area contributed by atoms with E-state index in [1.807, 2.05) is 4.90 Å². The maximum Gasteiger partial charge on any atom is 0.418 e. The van der Waals surface area contributed by atoms with Gasteiger partial charge in [-0.1, -0.05) is 12.1 Å². The molecule has 0 spiro atoms. The maximum absolute atomic E-state index is 13.3. The second-order valence-electron chi connectivity index (χ2n) is 7.14. The van der Waals surface area contributed by atoms with E-state index in [0.717, 1.165) is 24.7 Å². The molecule has 1 aromatic carbocycles. The number of aromatic nitrogens is 1. The van der Waals surface area contributed by atoms with Crippen LogP contribution in [0.5, 0.6) is 0 Å². The Balaban J connectivity index is 1.40. The fourth-order valence-electron chi connectivity index (χ4n) is 3.37. The summed E-state index contributed by atoms with van der Waals surface area (Å²) < 4.78 is 39.8. The molecule has 5 nitrogen and oxygen atoms in total. The lowest BCUT2D eigenvalue weighted by Gasteiger charge is -2.37. The molecule has 2 aromatic rings. The van der Waals surface area contributed by atoms with Gasteiger partial charge in [-0.2, -0.15) is 13.2 Å². The van der Waals surface area contributed by atoms with Crippen molar-refractivity contribution < 1.29 is 18.0 Å². The van der Waals surface area contributed by atoms with E-state index in [2.05, 4.69) is 10.3 Å². The van der Waals surface area contributed by atoms with Crippen LogP contribution in [0.1, 0.15) is 28.8 Å². The molecule has 2 fully saturated rings. The number of benzene rings is 1. The Hall–Kier alpha value is -2.77. The predicted octanol–water partition coefficient (Wildman–Crippen LogP) is 3.32. The standard InChI is InChI=1S/C20H21F3N4O/c21-20(22,23)16-3-1-2-4-17(16)26-9-11-27(12-10-26)18-8-5-14(13-24-18)19(28)25-15-6-7-15/h1-5,8,13,15H,6-7,9-12H2,(H,25,28). The number of hydrogen-bond acceptors (Lipinski definition) is 4. The highest BCUT2D eigenvalue weighted by atomic mass is 19.4. The van der Waals surface area contributed by atoms with E-state index in [1.54, 1.807) is 29.3 Å². The van der Waals surface area contributed by atoms with Crippen molar-refractivity contribution in [1.82, 2.24) is 10.3 Å². The summed E-state index contributed by atoms with van der Waals surface area (Å²) in [4.78, 5) is 20.2. The summed E-state index contributed by atoms with van der Waals surface area (Å²) >= 11 is 0. The van der Waals surface area contributed by atoms with E-state index in [4.69, 9.17) is 0 Å². The Bertz CT molecular complexity index is 841. The van der Waals surface area contributed by atoms with Gasteiger partial charge in [0.05, 0.1) is 11.1 Å². The Morgan fingerprint density at radius 3 is 2.29 bits per heavy atom. The molecule has 1 aliphatic carbocycles. The number of nitrogens with one attached hydrogen (secondary N) is 1. The SMILES string of the molecule is O=C(NC1CC1)c1ccc(N2CCN(c3ccccc3C(F)(F)F)CC2)nc1. The van der Waals surface area contributed by atoms with Gasteiger partial charge in [0.15, 0.2) is 0 Å². The van der Waals surface area contributed by atoms with Gasteiger partial charge >= 0.3 is 6.18 Å². The molecule has 0 radical (unpaired) electrons. The number of pyridine rings is 1. The van der Waals surface area contributed by atoms with Crippen molar-refractivity contribution in [2.75, 3.05) is 36.0 Å². The first-order valence-electron chi connectivity index (χ1n) is 9.35. The van der Waals surface area contributed by atoms with Gasteiger partial charge in [0, 0.05) is 44.1 Å². The highest BCUT2D eigenvalue weighted by Crippen LogP contribution is 2.36. The second-order valence-corrected chi connectivity index (χ2v) is 7.14. The molecule has 4 rings (SSSR count). The molecule has 2 aliphatic rings. The molecule has 8 heteroatoms. The molecule has 1 N–H and O–H groups in total. The lowest BCUT2D eigenvalue weighted by atomic mass is 10.1. The summed E-state index contributed by atoms with van der Waals surface area (Å²) in [5.74, 6) is 0.613. The summed E-state index contributed by atoms with van der Waals surface area (Å²) in [6.07, 6.45) is -0.761. The number of para-hydroxylation sites is 1. The fraction of sp³-hybridized carbons (Fsp3) is 0.400. The number of alkyl halides is 3. The van der Waals surface area contributed by atoms with Gasteiger partial charge < -0.3 is 15.1 Å². The predicted molar refractivity (Wildman–Crippen MR) is 101 cm³/mol. The minimum atomic E-state index is -4.37. The number of carbonyl (C=O) groups is 1. The number of amides is 1. The Kier molecular flexibility index (Phi) is 4.87. The van der Waals surface area contributed by atoms with Crippen molar-refractivity contribution in [3.05, 3.63) is 53.7 Å². The first-order chi connectivity index (χ1) is 13.4. The molecule has 2 heterocycles. The zero-order valence-electron chi connectivity index (χ0n) is 15.2. The second kappa shape index (κ2) is 7.33. The van der Waals surface area contributed by atoms with Crippen LogP contribution in [0.25, 0.3) is 0 Å². The van der Waals surface area contributed by atoms with Gasteiger partial charge in [0.25, 0.3) is 5.91 Å². The van der Waals surface area contributed by atoms with Gasteiger partial charge in [-0.15, -0.1) is 0 Å². The summed E-state index contributed by atoms with van der Waals surface area (Å²) in [6.45, 7) is 2.07. The number of carbonyl (C=O) groups excluding carboxylic acids is 1. The van der Waals surface area contributed by atoms with Crippen LogP contribution in [0, 0.1) is 0 Å². The summed E-state index contributed by atoms with van der Waals surface area (Å²) in [5.41, 5.74) is 0.135. The molecule has 28 heavy (non-hydrogen) atoms. The third-order valence-electron chi connectivity index (χ3n) is 5.08. The number of halogens is 3. The zero-order chi connectivity index (χ0) is 19.7. The molecule has 148 valence electrons. The van der Waals surface area contributed by atoms with Crippen molar-refractivity contribution in [2.45, 2.75) is 25.1 Å². The smallest absolute Gasteiger partial charge is 0.367 e. The molecular weight excluding hydrogens is 369 g/mol. The number of nitrogens with zero attached hydrogens (tertiary/aromatic N) is 3. The van der Waals surface area contributed by atoms with Crippen LogP contribution >= 0.6 is 0 Å². The third-order valence-corrected chi connectivity index (χ3v) is 5.08. The first-order valence-corrected chi connectivity index (χ1v) is 9.35. The van der Waals surface area contributed by atoms with Crippen LogP contribution in [0.4, 0.5) is 24.7 Å². The minimum Gasteiger partial charge on any atom is -0.367 e. The van der Waals surface area contributed by atoms with Crippen molar-refractivity contribution in [1.29, 1.82) is 0 Å². The van der Waals surface area contributed by atoms with Crippen LogP contribution in [0.15, 0.2) is 42.6 Å². The molecule has 1 saturated heterocycles. The topological polar surface area (TPSA) is 48.5 Å². The van der Waals surface area contributed by atoms with Crippen molar-refractivity contribution >= 4 is 17.4 Å². The van der Waals surface area contributed by atoms with E-state index >= 15 is 0 Å². The first kappa shape index (κ1) is 18.6. The van der Waals surface area contributed by atoms with Crippen LogP contribution < -0.4 is 15.1 Å². The van der Waals surface area contributed by atoms with Crippen LogP contribution in [0.3, 0.4) is 0 Å². The van der Waals surface area contributed by atoms with E-state index in [9.17, 15) is 18.0 Å². The zero-order valence-corrected chi connectivity index (χ0v) is 15.2. The average Bonchev–Trinajstić information content (AvgIpc) is 3.52. The molecule has 0 atom stereocenters. The lowest BCUT2D eigenvalue weighted by Crippen LogP contribution is -2.47. The summed E-state index contributed by atoms with van der Waals surface area (Å²) in [7, 11) is 0. The summed E-state index contributed by atoms with van der Waals surface area (Å²) in [6, 6.07) is 9.50. The molecule has 1 aromatic heterocycles. The third kappa shape index (κ3) is 4.05. The average molecular weight is 390 g/mol. The number of rotatable bonds is 4. The van der Waals surface area contributed by atoms with E-state index < -0.39 is 11.7 Å². The number of anilines is 2. The van der Waals surface area contributed by atoms with Gasteiger partial charge in [0.1, 0.15) is 5.82 Å². The van der Waals surface area contributed by atoms with Gasteiger partial charge in [-0.25, -0.2) is 4.98 Å². The fourth-order valence-corrected chi connectivity index (χ4v) is 3.37. The molecule has 0 unspecified atom stereocenters. The normalized spacial score (nSPS) is 17.5. The molecule has 1 saturated carbocycles. The van der Waals surface area contributed by atoms with Crippen LogP contribution in [-0.2, 0) is 6.18 Å². The quantitative estimate of drug-likeness (QED) is 0.870. The maximum atomic E-state index is 13.3. The van der Waals surface area contributed by atoms with E-state index in [0.29, 0.717) is 37.8 Å². The van der Waals surface area contributed by atoms with Crippen LogP contribution in [0.2, 0.25) is 0 Å². The van der Waals surface area contributed by atoms with Crippen LogP contribution in [-0.4, -0.2) is 43.1 Å². The van der Waals surface area contributed by atoms with Crippen molar-refractivity contribution in [3.63, 3.8) is 0 Å². The Morgan fingerprint density at radius 2 is 1.68 bits per heavy atom. The summed E-state index contributed by atoms with van der Waals surface area (Å²) in [5, 5.41) is 2.92. The van der Waals surface area contributed by atoms with E-state index in [-0.39, 0.29) is 11.6 Å².